The lowest BCUT2D eigenvalue weighted by Crippen LogP contribution is -1.96. The summed E-state index contributed by atoms with van der Waals surface area (Å²) >= 11 is 2.97. The number of carbonyl (C=O) groups excluding carboxylic acids is 1. The molecule has 3 rings (SSSR count). The number of furan rings is 1. The number of hydrogen-bond acceptors (Lipinski definition) is 6. The normalized spacial score (nSPS) is 10.9. The molecular weight excluding hydrogens is 294 g/mol. The first kappa shape index (κ1) is 13.2. The smallest absolute Gasteiger partial charge is 0.348 e. The summed E-state index contributed by atoms with van der Waals surface area (Å²) in [6, 6.07) is 3.78. The maximum Gasteiger partial charge on any atom is 0.348 e. The van der Waals surface area contributed by atoms with E-state index in [0.29, 0.717) is 4.88 Å². The lowest BCUT2D eigenvalue weighted by atomic mass is 10.3. The highest BCUT2D eigenvalue weighted by molar-refractivity contribution is 7.99. The monoisotopic (exact) mass is 305 g/mol. The number of fused-ring (bicyclic) bond motifs is 1. The third kappa shape index (κ3) is 2.32. The summed E-state index contributed by atoms with van der Waals surface area (Å²) in [5.41, 5.74) is 0. The van der Waals surface area contributed by atoms with Gasteiger partial charge in [-0.2, -0.15) is 0 Å². The molecule has 3 aromatic rings. The van der Waals surface area contributed by atoms with Crippen molar-refractivity contribution in [1.82, 2.24) is 4.98 Å². The van der Waals surface area contributed by atoms with Crippen LogP contribution in [-0.2, 0) is 4.74 Å². The molecule has 0 spiro atoms. The lowest BCUT2D eigenvalue weighted by molar-refractivity contribution is 0.0606. The van der Waals surface area contributed by atoms with Crippen molar-refractivity contribution in [2.24, 2.45) is 0 Å². The van der Waals surface area contributed by atoms with Crippen LogP contribution in [0.5, 0.6) is 0 Å². The summed E-state index contributed by atoms with van der Waals surface area (Å²) in [4.78, 5) is 18.5. The fourth-order valence-corrected chi connectivity index (χ4v) is 3.80. The van der Waals surface area contributed by atoms with Gasteiger partial charge in [-0.15, -0.1) is 11.3 Å². The van der Waals surface area contributed by atoms with E-state index in [1.165, 1.54) is 18.4 Å². The molecule has 0 aliphatic rings. The van der Waals surface area contributed by atoms with Crippen LogP contribution in [0.2, 0.25) is 0 Å². The molecule has 0 saturated heterocycles. The molecule has 0 radical (unpaired) electrons. The van der Waals surface area contributed by atoms with E-state index >= 15 is 0 Å². The quantitative estimate of drug-likeness (QED) is 0.681. The van der Waals surface area contributed by atoms with Crippen LogP contribution in [0.3, 0.4) is 0 Å². The highest BCUT2D eigenvalue weighted by Crippen LogP contribution is 2.38. The van der Waals surface area contributed by atoms with Gasteiger partial charge in [0.25, 0.3) is 0 Å². The average molecular weight is 305 g/mol. The minimum Gasteiger partial charge on any atom is -0.468 e. The first-order valence-electron chi connectivity index (χ1n) is 5.87. The van der Waals surface area contributed by atoms with E-state index in [0.717, 1.165) is 25.6 Å². The van der Waals surface area contributed by atoms with Crippen molar-refractivity contribution in [2.45, 2.75) is 16.7 Å². The van der Waals surface area contributed by atoms with Gasteiger partial charge in [-0.1, -0.05) is 11.8 Å². The number of pyridine rings is 1. The molecule has 4 nitrogen and oxygen atoms in total. The lowest BCUT2D eigenvalue weighted by Gasteiger charge is -2.00. The SMILES string of the molecule is COC(=O)c1cc2c(Sc3ccoc3C)cncc2s1. The van der Waals surface area contributed by atoms with E-state index in [-0.39, 0.29) is 5.97 Å². The molecule has 0 aliphatic heterocycles. The largest absolute Gasteiger partial charge is 0.468 e. The Labute approximate surface area is 123 Å². The summed E-state index contributed by atoms with van der Waals surface area (Å²) in [6.45, 7) is 1.92. The molecule has 0 aliphatic carbocycles. The minimum absolute atomic E-state index is 0.318. The van der Waals surface area contributed by atoms with Crippen LogP contribution in [0, 0.1) is 6.92 Å². The number of ether oxygens (including phenoxy) is 1. The number of nitrogens with zero attached hydrogens (tertiary/aromatic N) is 1. The molecule has 3 aromatic heterocycles. The Morgan fingerprint density at radius 1 is 1.40 bits per heavy atom. The summed E-state index contributed by atoms with van der Waals surface area (Å²) in [7, 11) is 1.38. The zero-order chi connectivity index (χ0) is 14.1. The zero-order valence-corrected chi connectivity index (χ0v) is 12.5. The predicted octanol–water partition coefficient (Wildman–Crippen LogP) is 4.14. The van der Waals surface area contributed by atoms with E-state index in [9.17, 15) is 4.79 Å². The maximum absolute atomic E-state index is 11.6. The number of carbonyl (C=O) groups is 1. The fourth-order valence-electron chi connectivity index (χ4n) is 1.82. The highest BCUT2D eigenvalue weighted by atomic mass is 32.2. The number of esters is 1. The van der Waals surface area contributed by atoms with Crippen molar-refractivity contribution >= 4 is 39.2 Å². The Balaban J connectivity index is 2.05. The standard InChI is InChI=1S/C14H11NO3S2/c1-8-10(3-4-18-8)19-12-6-15-7-13-9(12)5-11(20-13)14(16)17-2/h3-7H,1-2H3. The summed E-state index contributed by atoms with van der Waals surface area (Å²) in [5, 5.41) is 1.01. The third-order valence-corrected chi connectivity index (χ3v) is 5.07. The number of hydrogen-bond donors (Lipinski definition) is 0. The van der Waals surface area contributed by atoms with Crippen molar-refractivity contribution in [3.8, 4) is 0 Å². The van der Waals surface area contributed by atoms with E-state index < -0.39 is 0 Å². The highest BCUT2D eigenvalue weighted by Gasteiger charge is 2.14. The molecule has 0 bridgehead atoms. The van der Waals surface area contributed by atoms with E-state index in [1.807, 2.05) is 19.1 Å². The van der Waals surface area contributed by atoms with Gasteiger partial charge in [0.2, 0.25) is 0 Å². The number of thiophene rings is 1. The summed E-state index contributed by atoms with van der Waals surface area (Å²) in [6.07, 6.45) is 5.23. The van der Waals surface area contributed by atoms with Crippen molar-refractivity contribution in [2.75, 3.05) is 7.11 Å². The zero-order valence-electron chi connectivity index (χ0n) is 10.9. The van der Waals surface area contributed by atoms with Gasteiger partial charge in [0, 0.05) is 22.7 Å². The Morgan fingerprint density at radius 3 is 2.95 bits per heavy atom. The van der Waals surface area contributed by atoms with Gasteiger partial charge in [-0.3, -0.25) is 4.98 Å². The van der Waals surface area contributed by atoms with Crippen LogP contribution < -0.4 is 0 Å². The maximum atomic E-state index is 11.6. The van der Waals surface area contributed by atoms with Crippen molar-refractivity contribution in [3.63, 3.8) is 0 Å². The van der Waals surface area contributed by atoms with Gasteiger partial charge < -0.3 is 9.15 Å². The molecule has 102 valence electrons. The van der Waals surface area contributed by atoms with Gasteiger partial charge >= 0.3 is 5.97 Å². The molecule has 0 unspecified atom stereocenters. The van der Waals surface area contributed by atoms with Crippen LogP contribution in [0.15, 0.2) is 45.0 Å². The minimum atomic E-state index is -0.318. The predicted molar refractivity (Wildman–Crippen MR) is 78.5 cm³/mol. The van der Waals surface area contributed by atoms with Crippen molar-refractivity contribution in [3.05, 3.63) is 41.4 Å². The number of aryl methyl sites for hydroxylation is 1. The molecule has 0 saturated carbocycles. The molecule has 0 atom stereocenters. The summed E-state index contributed by atoms with van der Waals surface area (Å²) in [5.74, 6) is 0.553. The first-order chi connectivity index (χ1) is 9.69. The number of rotatable bonds is 3. The topological polar surface area (TPSA) is 52.3 Å². The fraction of sp³-hybridized carbons (Fsp3) is 0.143. The van der Waals surface area contributed by atoms with Crippen LogP contribution in [0.25, 0.3) is 10.1 Å². The van der Waals surface area contributed by atoms with Crippen LogP contribution in [-0.4, -0.2) is 18.1 Å². The van der Waals surface area contributed by atoms with E-state index in [1.54, 1.807) is 30.4 Å². The summed E-state index contributed by atoms with van der Waals surface area (Å²) < 4.78 is 11.0. The third-order valence-electron chi connectivity index (χ3n) is 2.83. The van der Waals surface area contributed by atoms with Crippen LogP contribution in [0.1, 0.15) is 15.4 Å². The Bertz CT molecular complexity index is 776. The molecule has 0 fully saturated rings. The van der Waals surface area contributed by atoms with Crippen molar-refractivity contribution < 1.29 is 13.9 Å². The Morgan fingerprint density at radius 2 is 2.25 bits per heavy atom. The molecular formula is C14H11NO3S2. The molecule has 0 N–H and O–H groups in total. The average Bonchev–Trinajstić information content (AvgIpc) is 3.05. The molecule has 0 amide bonds. The van der Waals surface area contributed by atoms with Gasteiger partial charge in [0.15, 0.2) is 0 Å². The second kappa shape index (κ2) is 5.30. The van der Waals surface area contributed by atoms with E-state index in [4.69, 9.17) is 9.15 Å². The van der Waals surface area contributed by atoms with E-state index in [2.05, 4.69) is 4.98 Å². The van der Waals surface area contributed by atoms with Gasteiger partial charge in [-0.25, -0.2) is 4.79 Å². The Kier molecular flexibility index (Phi) is 3.50. The number of aromatic nitrogens is 1. The van der Waals surface area contributed by atoms with Crippen molar-refractivity contribution in [1.29, 1.82) is 0 Å². The molecule has 3 heterocycles. The van der Waals surface area contributed by atoms with Crippen LogP contribution >= 0.6 is 23.1 Å². The molecule has 6 heteroatoms. The van der Waals surface area contributed by atoms with Gasteiger partial charge in [-0.05, 0) is 19.1 Å². The number of methoxy groups -OCH3 is 1. The first-order valence-corrected chi connectivity index (χ1v) is 7.50. The van der Waals surface area contributed by atoms with Gasteiger partial charge in [0.05, 0.1) is 23.0 Å². The molecule has 20 heavy (non-hydrogen) atoms. The molecule has 0 aromatic carbocycles. The van der Waals surface area contributed by atoms with Gasteiger partial charge in [0.1, 0.15) is 10.6 Å². The second-order valence-corrected chi connectivity index (χ2v) is 6.26. The van der Waals surface area contributed by atoms with Crippen LogP contribution in [0.4, 0.5) is 0 Å². The Hall–Kier alpha value is -1.79. The second-order valence-electron chi connectivity index (χ2n) is 4.09.